The summed E-state index contributed by atoms with van der Waals surface area (Å²) in [7, 11) is 1.75. The Morgan fingerprint density at radius 2 is 2.07 bits per heavy atom. The molecule has 4 N–H and O–H groups in total. The molecule has 0 spiro atoms. The van der Waals surface area contributed by atoms with Gasteiger partial charge in [0.1, 0.15) is 5.75 Å². The van der Waals surface area contributed by atoms with E-state index in [-0.39, 0.29) is 18.0 Å². The summed E-state index contributed by atoms with van der Waals surface area (Å²) in [5.74, 6) is 1.12. The number of nitrogens with zero attached hydrogens (tertiary/aromatic N) is 1. The summed E-state index contributed by atoms with van der Waals surface area (Å²) in [6.45, 7) is 2.65. The standard InChI is InChI=1S/C23H28ClN3O/c1-3-14-5-4-6-17(23(14)28-2)18-12-20(26)22-10-8-16(13-25)27(22)21-9-7-15(24)11-19(18)21/h4-8,10-11,18,20-21H,3,9,12-13,25-26H2,1-2H3. The van der Waals surface area contributed by atoms with Crippen LogP contribution in [-0.2, 0) is 13.0 Å². The number of benzene rings is 1. The predicted molar refractivity (Wildman–Crippen MR) is 115 cm³/mol. The molecule has 3 atom stereocenters. The second-order valence-corrected chi connectivity index (χ2v) is 8.03. The van der Waals surface area contributed by atoms with Gasteiger partial charge in [-0.05, 0) is 48.6 Å². The normalized spacial score (nSPS) is 24.0. The maximum atomic E-state index is 6.71. The van der Waals surface area contributed by atoms with Gasteiger partial charge in [-0.25, -0.2) is 0 Å². The molecule has 148 valence electrons. The van der Waals surface area contributed by atoms with Crippen LogP contribution in [0.4, 0.5) is 0 Å². The van der Waals surface area contributed by atoms with Crippen molar-refractivity contribution in [1.29, 1.82) is 0 Å². The summed E-state index contributed by atoms with van der Waals surface area (Å²) in [5.41, 5.74) is 18.7. The molecule has 0 bridgehead atoms. The van der Waals surface area contributed by atoms with Crippen molar-refractivity contribution in [2.75, 3.05) is 7.11 Å². The molecule has 28 heavy (non-hydrogen) atoms. The molecule has 0 saturated carbocycles. The summed E-state index contributed by atoms with van der Waals surface area (Å²) >= 11 is 6.47. The number of rotatable bonds is 4. The highest BCUT2D eigenvalue weighted by molar-refractivity contribution is 6.31. The number of ether oxygens (including phenoxy) is 1. The lowest BCUT2D eigenvalue weighted by Gasteiger charge is -2.31. The lowest BCUT2D eigenvalue weighted by molar-refractivity contribution is 0.399. The molecule has 0 fully saturated rings. The summed E-state index contributed by atoms with van der Waals surface area (Å²) in [6, 6.07) is 10.8. The fourth-order valence-electron chi connectivity index (χ4n) is 4.84. The van der Waals surface area contributed by atoms with E-state index in [4.69, 9.17) is 27.8 Å². The first-order chi connectivity index (χ1) is 13.6. The van der Waals surface area contributed by atoms with E-state index >= 15 is 0 Å². The highest BCUT2D eigenvalue weighted by Gasteiger charge is 2.36. The second-order valence-electron chi connectivity index (χ2n) is 7.60. The molecule has 1 aromatic heterocycles. The Labute approximate surface area is 171 Å². The van der Waals surface area contributed by atoms with Crippen LogP contribution < -0.4 is 16.2 Å². The van der Waals surface area contributed by atoms with Gasteiger partial charge >= 0.3 is 0 Å². The SMILES string of the molecule is CCc1cccc(C2CC(N)c3ccc(CN)n3C3CC=C(Cl)C=C23)c1OC. The average Bonchev–Trinajstić information content (AvgIpc) is 3.10. The molecular formula is C23H28ClN3O. The van der Waals surface area contributed by atoms with Crippen LogP contribution in [0.3, 0.4) is 0 Å². The zero-order valence-corrected chi connectivity index (χ0v) is 17.2. The van der Waals surface area contributed by atoms with Crippen LogP contribution in [0.25, 0.3) is 0 Å². The average molecular weight is 398 g/mol. The first kappa shape index (κ1) is 19.3. The predicted octanol–water partition coefficient (Wildman–Crippen LogP) is 4.70. The van der Waals surface area contributed by atoms with E-state index in [2.05, 4.69) is 54.0 Å². The van der Waals surface area contributed by atoms with Crippen LogP contribution in [0.1, 0.15) is 60.3 Å². The lowest BCUT2D eigenvalue weighted by Crippen LogP contribution is -2.20. The Bertz CT molecular complexity index is 943. The fraction of sp³-hybridized carbons (Fsp3) is 0.391. The van der Waals surface area contributed by atoms with E-state index < -0.39 is 0 Å². The van der Waals surface area contributed by atoms with E-state index in [1.54, 1.807) is 7.11 Å². The van der Waals surface area contributed by atoms with E-state index in [1.807, 2.05) is 0 Å². The van der Waals surface area contributed by atoms with Crippen LogP contribution in [0.15, 0.2) is 53.1 Å². The van der Waals surface area contributed by atoms with Gasteiger partial charge in [0, 0.05) is 40.5 Å². The minimum atomic E-state index is -0.0782. The van der Waals surface area contributed by atoms with Gasteiger partial charge in [-0.2, -0.15) is 0 Å². The third-order valence-electron chi connectivity index (χ3n) is 6.14. The van der Waals surface area contributed by atoms with Gasteiger partial charge in [-0.1, -0.05) is 42.8 Å². The van der Waals surface area contributed by atoms with Crippen molar-refractivity contribution in [3.8, 4) is 5.75 Å². The Morgan fingerprint density at radius 3 is 2.79 bits per heavy atom. The molecule has 5 heteroatoms. The molecule has 2 aliphatic rings. The number of para-hydroxylation sites is 1. The maximum absolute atomic E-state index is 6.71. The number of allylic oxidation sites excluding steroid dienone is 4. The zero-order chi connectivity index (χ0) is 19.8. The van der Waals surface area contributed by atoms with Crippen molar-refractivity contribution in [3.63, 3.8) is 0 Å². The highest BCUT2D eigenvalue weighted by Crippen LogP contribution is 2.49. The van der Waals surface area contributed by atoms with Gasteiger partial charge < -0.3 is 20.8 Å². The molecule has 4 nitrogen and oxygen atoms in total. The number of aromatic nitrogens is 1. The van der Waals surface area contributed by atoms with Gasteiger partial charge in [0.2, 0.25) is 0 Å². The van der Waals surface area contributed by atoms with Gasteiger partial charge in [0.25, 0.3) is 0 Å². The third-order valence-corrected chi connectivity index (χ3v) is 6.40. The Kier molecular flexibility index (Phi) is 5.37. The van der Waals surface area contributed by atoms with Gasteiger partial charge in [-0.15, -0.1) is 0 Å². The number of fused-ring (bicyclic) bond motifs is 3. The van der Waals surface area contributed by atoms with Crippen LogP contribution >= 0.6 is 11.6 Å². The Balaban J connectivity index is 1.91. The van der Waals surface area contributed by atoms with Crippen LogP contribution in [0, 0.1) is 0 Å². The Morgan fingerprint density at radius 1 is 1.25 bits per heavy atom. The van der Waals surface area contributed by atoms with E-state index in [1.165, 1.54) is 16.7 Å². The van der Waals surface area contributed by atoms with Gasteiger partial charge in [0.15, 0.2) is 0 Å². The fourth-order valence-corrected chi connectivity index (χ4v) is 5.06. The molecule has 4 rings (SSSR count). The smallest absolute Gasteiger partial charge is 0.125 e. The molecule has 0 amide bonds. The van der Waals surface area contributed by atoms with Crippen LogP contribution in [0.2, 0.25) is 0 Å². The van der Waals surface area contributed by atoms with Crippen molar-refractivity contribution < 1.29 is 4.74 Å². The number of nitrogens with two attached hydrogens (primary N) is 2. The molecule has 3 unspecified atom stereocenters. The van der Waals surface area contributed by atoms with Crippen molar-refractivity contribution in [2.45, 2.75) is 50.7 Å². The van der Waals surface area contributed by atoms with Crippen molar-refractivity contribution in [1.82, 2.24) is 4.57 Å². The molecular weight excluding hydrogens is 370 g/mol. The molecule has 2 heterocycles. The van der Waals surface area contributed by atoms with Crippen LogP contribution in [0.5, 0.6) is 5.75 Å². The Hall–Kier alpha value is -2.01. The first-order valence-electron chi connectivity index (χ1n) is 9.97. The zero-order valence-electron chi connectivity index (χ0n) is 16.5. The second kappa shape index (κ2) is 7.78. The number of hydrogen-bond acceptors (Lipinski definition) is 3. The summed E-state index contributed by atoms with van der Waals surface area (Å²) < 4.78 is 8.20. The number of halogens is 1. The van der Waals surface area contributed by atoms with Crippen molar-refractivity contribution in [2.24, 2.45) is 11.5 Å². The molecule has 0 radical (unpaired) electrons. The minimum absolute atomic E-state index is 0.0782. The van der Waals surface area contributed by atoms with E-state index in [0.29, 0.717) is 6.54 Å². The first-order valence-corrected chi connectivity index (χ1v) is 10.3. The monoisotopic (exact) mass is 397 g/mol. The van der Waals surface area contributed by atoms with Crippen molar-refractivity contribution >= 4 is 11.6 Å². The molecule has 2 aromatic rings. The number of methoxy groups -OCH3 is 1. The number of hydrogen-bond donors (Lipinski definition) is 2. The van der Waals surface area contributed by atoms with E-state index in [9.17, 15) is 0 Å². The van der Waals surface area contributed by atoms with Gasteiger partial charge in [0.05, 0.1) is 13.2 Å². The maximum Gasteiger partial charge on any atom is 0.125 e. The number of aryl methyl sites for hydroxylation is 1. The minimum Gasteiger partial charge on any atom is -0.496 e. The molecule has 1 aliphatic carbocycles. The summed E-state index contributed by atoms with van der Waals surface area (Å²) in [4.78, 5) is 0. The van der Waals surface area contributed by atoms with E-state index in [0.717, 1.165) is 41.4 Å². The van der Waals surface area contributed by atoms with Crippen LogP contribution in [-0.4, -0.2) is 11.7 Å². The third kappa shape index (κ3) is 3.10. The quantitative estimate of drug-likeness (QED) is 0.785. The topological polar surface area (TPSA) is 66.2 Å². The van der Waals surface area contributed by atoms with Crippen molar-refractivity contribution in [3.05, 3.63) is 75.6 Å². The summed E-state index contributed by atoms with van der Waals surface area (Å²) in [5, 5.41) is 0.792. The molecule has 1 aliphatic heterocycles. The molecule has 0 saturated heterocycles. The van der Waals surface area contributed by atoms with Gasteiger partial charge in [-0.3, -0.25) is 0 Å². The molecule has 1 aromatic carbocycles. The summed E-state index contributed by atoms with van der Waals surface area (Å²) in [6.07, 6.45) is 6.80. The highest BCUT2D eigenvalue weighted by atomic mass is 35.5. The largest absolute Gasteiger partial charge is 0.496 e. The lowest BCUT2D eigenvalue weighted by atomic mass is 9.79.